The fourth-order valence-corrected chi connectivity index (χ4v) is 1.87. The number of pyridine rings is 1. The lowest BCUT2D eigenvalue weighted by atomic mass is 10.1. The normalized spacial score (nSPS) is 11.7. The van der Waals surface area contributed by atoms with E-state index in [0.717, 1.165) is 30.5 Å². The molecule has 1 rings (SSSR count). The number of allylic oxidation sites excluding steroid dienone is 2. The summed E-state index contributed by atoms with van der Waals surface area (Å²) in [5.41, 5.74) is 1.08. The highest BCUT2D eigenvalue weighted by Gasteiger charge is 1.99. The van der Waals surface area contributed by atoms with Crippen LogP contribution < -0.4 is 4.74 Å². The predicted octanol–water partition coefficient (Wildman–Crippen LogP) is 5.04. The third-order valence-corrected chi connectivity index (χ3v) is 2.99. The Hall–Kier alpha value is -1.31. The molecule has 0 saturated heterocycles. The summed E-state index contributed by atoms with van der Waals surface area (Å²) in [6.07, 6.45) is 9.13. The molecule has 0 atom stereocenters. The molecule has 2 nitrogen and oxygen atoms in total. The van der Waals surface area contributed by atoms with Crippen molar-refractivity contribution in [2.24, 2.45) is 11.8 Å². The molecule has 0 aliphatic rings. The molecule has 1 aromatic rings. The van der Waals surface area contributed by atoms with Crippen molar-refractivity contribution in [2.75, 3.05) is 6.61 Å². The van der Waals surface area contributed by atoms with Crippen LogP contribution in [-0.2, 0) is 6.42 Å². The minimum Gasteiger partial charge on any atom is -0.477 e. The van der Waals surface area contributed by atoms with Gasteiger partial charge in [0.15, 0.2) is 0 Å². The van der Waals surface area contributed by atoms with Crippen molar-refractivity contribution in [3.63, 3.8) is 0 Å². The first-order valence-electron chi connectivity index (χ1n) is 7.81. The van der Waals surface area contributed by atoms with Gasteiger partial charge in [0.25, 0.3) is 0 Å². The predicted molar refractivity (Wildman–Crippen MR) is 86.1 cm³/mol. The van der Waals surface area contributed by atoms with E-state index in [-0.39, 0.29) is 0 Å². The maximum Gasteiger partial charge on any atom is 0.213 e. The van der Waals surface area contributed by atoms with Gasteiger partial charge in [-0.15, -0.1) is 0 Å². The summed E-state index contributed by atoms with van der Waals surface area (Å²) in [5, 5.41) is 0. The van der Waals surface area contributed by atoms with E-state index in [1.54, 1.807) is 0 Å². The summed E-state index contributed by atoms with van der Waals surface area (Å²) >= 11 is 0. The van der Waals surface area contributed by atoms with Crippen LogP contribution in [0.25, 0.3) is 0 Å². The van der Waals surface area contributed by atoms with Crippen molar-refractivity contribution >= 4 is 0 Å². The maximum absolute atomic E-state index is 5.64. The monoisotopic (exact) mass is 275 g/mol. The molecule has 0 unspecified atom stereocenters. The van der Waals surface area contributed by atoms with Crippen LogP contribution in [0.15, 0.2) is 30.4 Å². The van der Waals surface area contributed by atoms with Crippen molar-refractivity contribution in [1.82, 2.24) is 4.98 Å². The lowest BCUT2D eigenvalue weighted by Gasteiger charge is -2.08. The second kappa shape index (κ2) is 9.57. The van der Waals surface area contributed by atoms with Gasteiger partial charge in [-0.25, -0.2) is 4.98 Å². The van der Waals surface area contributed by atoms with E-state index in [2.05, 4.69) is 50.9 Å². The number of nitrogens with zero attached hydrogens (tertiary/aromatic N) is 1. The van der Waals surface area contributed by atoms with Gasteiger partial charge in [-0.3, -0.25) is 0 Å². The molecule has 0 aliphatic carbocycles. The molecule has 0 bridgehead atoms. The standard InChI is InChI=1S/C18H29NO/c1-15(2)10-7-5-6-8-11-17-12-9-13-18(19-17)20-14-16(3)4/h6,8-9,12-13,15-16H,5,7,10-11,14H2,1-4H3. The van der Waals surface area contributed by atoms with Gasteiger partial charge >= 0.3 is 0 Å². The maximum atomic E-state index is 5.64. The summed E-state index contributed by atoms with van der Waals surface area (Å²) in [6, 6.07) is 6.00. The zero-order valence-corrected chi connectivity index (χ0v) is 13.4. The third kappa shape index (κ3) is 7.98. The second-order valence-electron chi connectivity index (χ2n) is 6.17. The van der Waals surface area contributed by atoms with E-state index in [4.69, 9.17) is 4.74 Å². The first-order chi connectivity index (χ1) is 9.58. The quantitative estimate of drug-likeness (QED) is 0.465. The van der Waals surface area contributed by atoms with Crippen molar-refractivity contribution in [3.8, 4) is 5.88 Å². The minimum absolute atomic E-state index is 0.529. The van der Waals surface area contributed by atoms with Crippen LogP contribution in [0.4, 0.5) is 0 Å². The Balaban J connectivity index is 2.32. The largest absolute Gasteiger partial charge is 0.477 e. The molecule has 1 aromatic heterocycles. The fourth-order valence-electron chi connectivity index (χ4n) is 1.87. The van der Waals surface area contributed by atoms with E-state index in [1.165, 1.54) is 19.3 Å². The van der Waals surface area contributed by atoms with Crippen molar-refractivity contribution in [3.05, 3.63) is 36.0 Å². The Morgan fingerprint density at radius 3 is 2.60 bits per heavy atom. The van der Waals surface area contributed by atoms with E-state index in [0.29, 0.717) is 5.92 Å². The molecule has 0 aliphatic heterocycles. The lowest BCUT2D eigenvalue weighted by molar-refractivity contribution is 0.261. The molecular weight excluding hydrogens is 246 g/mol. The molecule has 0 radical (unpaired) electrons. The second-order valence-corrected chi connectivity index (χ2v) is 6.17. The summed E-state index contributed by atoms with van der Waals surface area (Å²) in [4.78, 5) is 4.52. The summed E-state index contributed by atoms with van der Waals surface area (Å²) in [7, 11) is 0. The van der Waals surface area contributed by atoms with Gasteiger partial charge in [0.2, 0.25) is 5.88 Å². The molecule has 0 fully saturated rings. The SMILES string of the molecule is CC(C)CCCC=CCc1cccc(OCC(C)C)n1. The van der Waals surface area contributed by atoms with Gasteiger partial charge in [0, 0.05) is 18.2 Å². The smallest absolute Gasteiger partial charge is 0.213 e. The van der Waals surface area contributed by atoms with Crippen LogP contribution in [0.2, 0.25) is 0 Å². The molecule has 2 heteroatoms. The number of hydrogen-bond donors (Lipinski definition) is 0. The Morgan fingerprint density at radius 2 is 1.90 bits per heavy atom. The third-order valence-electron chi connectivity index (χ3n) is 2.99. The van der Waals surface area contributed by atoms with Gasteiger partial charge in [0.1, 0.15) is 0 Å². The van der Waals surface area contributed by atoms with Crippen LogP contribution in [0.5, 0.6) is 5.88 Å². The van der Waals surface area contributed by atoms with E-state index in [9.17, 15) is 0 Å². The van der Waals surface area contributed by atoms with Gasteiger partial charge in [-0.05, 0) is 30.7 Å². The van der Waals surface area contributed by atoms with Gasteiger partial charge in [0.05, 0.1) is 6.61 Å². The number of unbranched alkanes of at least 4 members (excludes halogenated alkanes) is 1. The summed E-state index contributed by atoms with van der Waals surface area (Å²) in [6.45, 7) is 9.56. The molecule has 0 amide bonds. The Bertz CT molecular complexity index is 396. The average Bonchev–Trinajstić information content (AvgIpc) is 2.40. The topological polar surface area (TPSA) is 22.1 Å². The molecule has 0 saturated carbocycles. The van der Waals surface area contributed by atoms with Gasteiger partial charge in [-0.1, -0.05) is 52.3 Å². The van der Waals surface area contributed by atoms with Crippen LogP contribution in [0.3, 0.4) is 0 Å². The fraction of sp³-hybridized carbons (Fsp3) is 0.611. The van der Waals surface area contributed by atoms with Crippen LogP contribution in [-0.4, -0.2) is 11.6 Å². The van der Waals surface area contributed by atoms with E-state index >= 15 is 0 Å². The Kier molecular flexibility index (Phi) is 8.01. The average molecular weight is 275 g/mol. The van der Waals surface area contributed by atoms with Crippen LogP contribution in [0, 0.1) is 11.8 Å². The van der Waals surface area contributed by atoms with Crippen molar-refractivity contribution < 1.29 is 4.74 Å². The minimum atomic E-state index is 0.529. The molecule has 0 N–H and O–H groups in total. The zero-order valence-electron chi connectivity index (χ0n) is 13.4. The van der Waals surface area contributed by atoms with Crippen molar-refractivity contribution in [2.45, 2.75) is 53.4 Å². The highest BCUT2D eigenvalue weighted by molar-refractivity contribution is 5.17. The number of aromatic nitrogens is 1. The Morgan fingerprint density at radius 1 is 1.10 bits per heavy atom. The molecule has 0 spiro atoms. The lowest BCUT2D eigenvalue weighted by Crippen LogP contribution is -2.06. The molecule has 0 aromatic carbocycles. The first kappa shape index (κ1) is 16.7. The van der Waals surface area contributed by atoms with E-state index in [1.807, 2.05) is 12.1 Å². The van der Waals surface area contributed by atoms with E-state index < -0.39 is 0 Å². The summed E-state index contributed by atoms with van der Waals surface area (Å²) < 4.78 is 5.64. The molecular formula is C18H29NO. The number of hydrogen-bond acceptors (Lipinski definition) is 2. The molecule has 20 heavy (non-hydrogen) atoms. The first-order valence-corrected chi connectivity index (χ1v) is 7.81. The zero-order chi connectivity index (χ0) is 14.8. The summed E-state index contributed by atoms with van der Waals surface area (Å²) in [5.74, 6) is 2.07. The number of rotatable bonds is 9. The highest BCUT2D eigenvalue weighted by atomic mass is 16.5. The van der Waals surface area contributed by atoms with Crippen LogP contribution in [0.1, 0.15) is 52.7 Å². The Labute approximate surface area is 124 Å². The highest BCUT2D eigenvalue weighted by Crippen LogP contribution is 2.10. The molecule has 1 heterocycles. The van der Waals surface area contributed by atoms with Gasteiger partial charge < -0.3 is 4.74 Å². The number of ether oxygens (including phenoxy) is 1. The van der Waals surface area contributed by atoms with Crippen LogP contribution >= 0.6 is 0 Å². The van der Waals surface area contributed by atoms with Gasteiger partial charge in [-0.2, -0.15) is 0 Å². The molecule has 112 valence electrons. The van der Waals surface area contributed by atoms with Crippen molar-refractivity contribution in [1.29, 1.82) is 0 Å².